The maximum atomic E-state index is 9.78. The van der Waals surface area contributed by atoms with Crippen molar-refractivity contribution < 1.29 is 5.11 Å². The molecule has 3 heteroatoms. The smallest absolute Gasteiger partial charge is 0.120 e. The van der Waals surface area contributed by atoms with Crippen LogP contribution in [0.25, 0.3) is 0 Å². The molecule has 0 saturated heterocycles. The predicted molar refractivity (Wildman–Crippen MR) is 79.0 cm³/mol. The van der Waals surface area contributed by atoms with Crippen LogP contribution < -0.4 is 5.32 Å². The molecule has 0 aliphatic heterocycles. The number of rotatable bonds is 3. The quantitative estimate of drug-likeness (QED) is 0.882. The van der Waals surface area contributed by atoms with Gasteiger partial charge in [0.1, 0.15) is 5.75 Å². The van der Waals surface area contributed by atoms with Gasteiger partial charge in [0.15, 0.2) is 0 Å². The molecule has 0 atom stereocenters. The van der Waals surface area contributed by atoms with Crippen LogP contribution in [0.15, 0.2) is 40.9 Å². The molecule has 0 aliphatic rings. The van der Waals surface area contributed by atoms with Crippen molar-refractivity contribution in [2.75, 3.05) is 5.32 Å². The number of anilines is 1. The van der Waals surface area contributed by atoms with E-state index in [1.807, 2.05) is 31.2 Å². The first-order chi connectivity index (χ1) is 8.56. The lowest BCUT2D eigenvalue weighted by molar-refractivity contribution is 0.469. The average Bonchev–Trinajstić information content (AvgIpc) is 2.32. The minimum atomic E-state index is 0.336. The normalized spacial score (nSPS) is 10.4. The number of nitrogens with one attached hydrogen (secondary N) is 1. The van der Waals surface area contributed by atoms with E-state index in [0.29, 0.717) is 12.3 Å². The van der Waals surface area contributed by atoms with Gasteiger partial charge in [0.2, 0.25) is 0 Å². The number of phenols is 1. The largest absolute Gasteiger partial charge is 0.508 e. The van der Waals surface area contributed by atoms with Gasteiger partial charge in [0, 0.05) is 22.3 Å². The van der Waals surface area contributed by atoms with Crippen molar-refractivity contribution in [2.45, 2.75) is 20.4 Å². The number of aromatic hydroxyl groups is 1. The Bertz CT molecular complexity index is 566. The van der Waals surface area contributed by atoms with Gasteiger partial charge in [-0.3, -0.25) is 0 Å². The van der Waals surface area contributed by atoms with Crippen LogP contribution in [0.2, 0.25) is 0 Å². The summed E-state index contributed by atoms with van der Waals surface area (Å²) in [5, 5.41) is 13.1. The number of aryl methyl sites for hydroxylation is 2. The molecule has 0 aromatic heterocycles. The molecule has 2 aromatic rings. The van der Waals surface area contributed by atoms with E-state index in [9.17, 15) is 5.11 Å². The Morgan fingerprint density at radius 2 is 1.89 bits per heavy atom. The van der Waals surface area contributed by atoms with E-state index in [4.69, 9.17) is 0 Å². The fourth-order valence-corrected chi connectivity index (χ4v) is 2.35. The Morgan fingerprint density at radius 3 is 2.61 bits per heavy atom. The zero-order valence-electron chi connectivity index (χ0n) is 10.5. The standard InChI is InChI=1S/C15H16BrNO/c1-10-3-6-15(18)12(7-10)9-17-14-5-4-13(16)8-11(14)2/h3-8,17-18H,9H2,1-2H3. The minimum absolute atomic E-state index is 0.336. The third kappa shape index (κ3) is 3.05. The lowest BCUT2D eigenvalue weighted by Gasteiger charge is -2.11. The molecule has 2 N–H and O–H groups in total. The maximum Gasteiger partial charge on any atom is 0.120 e. The van der Waals surface area contributed by atoms with Gasteiger partial charge < -0.3 is 10.4 Å². The van der Waals surface area contributed by atoms with Crippen molar-refractivity contribution in [1.29, 1.82) is 0 Å². The highest BCUT2D eigenvalue weighted by atomic mass is 79.9. The Morgan fingerprint density at radius 1 is 1.11 bits per heavy atom. The average molecular weight is 306 g/mol. The van der Waals surface area contributed by atoms with E-state index in [2.05, 4.69) is 34.2 Å². The minimum Gasteiger partial charge on any atom is -0.508 e. The van der Waals surface area contributed by atoms with Crippen LogP contribution in [0.3, 0.4) is 0 Å². The van der Waals surface area contributed by atoms with Crippen LogP contribution in [0.4, 0.5) is 5.69 Å². The third-order valence-electron chi connectivity index (χ3n) is 2.89. The summed E-state index contributed by atoms with van der Waals surface area (Å²) in [6.45, 7) is 4.70. The second kappa shape index (κ2) is 5.44. The molecular formula is C15H16BrNO. The molecule has 18 heavy (non-hydrogen) atoms. The number of hydrogen-bond acceptors (Lipinski definition) is 2. The van der Waals surface area contributed by atoms with Crippen LogP contribution >= 0.6 is 15.9 Å². The summed E-state index contributed by atoms with van der Waals surface area (Å²) >= 11 is 3.45. The summed E-state index contributed by atoms with van der Waals surface area (Å²) < 4.78 is 1.07. The summed E-state index contributed by atoms with van der Waals surface area (Å²) in [6.07, 6.45) is 0. The van der Waals surface area contributed by atoms with E-state index < -0.39 is 0 Å². The molecule has 0 saturated carbocycles. The molecule has 0 heterocycles. The lowest BCUT2D eigenvalue weighted by atomic mass is 10.1. The molecule has 0 amide bonds. The van der Waals surface area contributed by atoms with Gasteiger partial charge in [-0.15, -0.1) is 0 Å². The SMILES string of the molecule is Cc1ccc(O)c(CNc2ccc(Br)cc2C)c1. The van der Waals surface area contributed by atoms with Gasteiger partial charge in [-0.05, 0) is 43.7 Å². The van der Waals surface area contributed by atoms with Crippen molar-refractivity contribution >= 4 is 21.6 Å². The summed E-state index contributed by atoms with van der Waals surface area (Å²) in [4.78, 5) is 0. The lowest BCUT2D eigenvalue weighted by Crippen LogP contribution is -2.01. The molecule has 0 radical (unpaired) electrons. The topological polar surface area (TPSA) is 32.3 Å². The Kier molecular flexibility index (Phi) is 3.92. The van der Waals surface area contributed by atoms with Crippen LogP contribution in [0, 0.1) is 13.8 Å². The van der Waals surface area contributed by atoms with Crippen molar-refractivity contribution in [2.24, 2.45) is 0 Å². The van der Waals surface area contributed by atoms with E-state index in [0.717, 1.165) is 21.3 Å². The molecule has 2 aromatic carbocycles. The van der Waals surface area contributed by atoms with Gasteiger partial charge in [0.05, 0.1) is 0 Å². The molecule has 2 rings (SSSR count). The van der Waals surface area contributed by atoms with Crippen molar-refractivity contribution in [3.8, 4) is 5.75 Å². The number of halogens is 1. The predicted octanol–water partition coefficient (Wildman–Crippen LogP) is 4.38. The van der Waals surface area contributed by atoms with Crippen LogP contribution in [0.1, 0.15) is 16.7 Å². The van der Waals surface area contributed by atoms with Crippen molar-refractivity contribution in [3.63, 3.8) is 0 Å². The zero-order valence-corrected chi connectivity index (χ0v) is 12.1. The fraction of sp³-hybridized carbons (Fsp3) is 0.200. The van der Waals surface area contributed by atoms with Gasteiger partial charge in [-0.25, -0.2) is 0 Å². The van der Waals surface area contributed by atoms with Crippen LogP contribution in [-0.2, 0) is 6.54 Å². The van der Waals surface area contributed by atoms with E-state index in [-0.39, 0.29) is 0 Å². The number of phenolic OH excluding ortho intramolecular Hbond substituents is 1. The third-order valence-corrected chi connectivity index (χ3v) is 3.39. The summed E-state index contributed by atoms with van der Waals surface area (Å²) in [7, 11) is 0. The molecule has 0 unspecified atom stereocenters. The van der Waals surface area contributed by atoms with Gasteiger partial charge in [0.25, 0.3) is 0 Å². The molecule has 2 nitrogen and oxygen atoms in total. The second-order valence-corrected chi connectivity index (χ2v) is 5.36. The first-order valence-corrected chi connectivity index (χ1v) is 6.64. The van der Waals surface area contributed by atoms with Gasteiger partial charge in [-0.2, -0.15) is 0 Å². The Hall–Kier alpha value is -1.48. The Labute approximate surface area is 116 Å². The molecule has 0 bridgehead atoms. The summed E-state index contributed by atoms with van der Waals surface area (Å²) in [5.41, 5.74) is 4.32. The summed E-state index contributed by atoms with van der Waals surface area (Å²) in [6, 6.07) is 11.7. The molecule has 0 fully saturated rings. The summed E-state index contributed by atoms with van der Waals surface area (Å²) in [5.74, 6) is 0.336. The van der Waals surface area contributed by atoms with Gasteiger partial charge >= 0.3 is 0 Å². The fourth-order valence-electron chi connectivity index (χ4n) is 1.87. The highest BCUT2D eigenvalue weighted by molar-refractivity contribution is 9.10. The van der Waals surface area contributed by atoms with Crippen LogP contribution in [0.5, 0.6) is 5.75 Å². The highest BCUT2D eigenvalue weighted by Gasteiger charge is 2.03. The van der Waals surface area contributed by atoms with E-state index in [1.54, 1.807) is 6.07 Å². The molecular weight excluding hydrogens is 290 g/mol. The second-order valence-electron chi connectivity index (χ2n) is 4.44. The highest BCUT2D eigenvalue weighted by Crippen LogP contribution is 2.23. The van der Waals surface area contributed by atoms with Crippen molar-refractivity contribution in [3.05, 3.63) is 57.6 Å². The van der Waals surface area contributed by atoms with E-state index in [1.165, 1.54) is 5.56 Å². The van der Waals surface area contributed by atoms with Crippen molar-refractivity contribution in [1.82, 2.24) is 0 Å². The first-order valence-electron chi connectivity index (χ1n) is 5.85. The molecule has 0 spiro atoms. The van der Waals surface area contributed by atoms with E-state index >= 15 is 0 Å². The zero-order chi connectivity index (χ0) is 13.1. The number of benzene rings is 2. The number of hydrogen-bond donors (Lipinski definition) is 2. The molecule has 0 aliphatic carbocycles. The Balaban J connectivity index is 2.13. The van der Waals surface area contributed by atoms with Gasteiger partial charge in [-0.1, -0.05) is 33.6 Å². The van der Waals surface area contributed by atoms with Crippen LogP contribution in [-0.4, -0.2) is 5.11 Å². The molecule has 94 valence electrons. The monoisotopic (exact) mass is 305 g/mol. The first kappa shape index (κ1) is 13.0. The maximum absolute atomic E-state index is 9.78.